The second-order valence-corrected chi connectivity index (χ2v) is 4.46. The Kier molecular flexibility index (Phi) is 2.64. The van der Waals surface area contributed by atoms with Crippen LogP contribution in [0.25, 0.3) is 11.4 Å². The summed E-state index contributed by atoms with van der Waals surface area (Å²) in [6, 6.07) is 0.453. The number of rotatable bonds is 2. The number of aryl methyl sites for hydroxylation is 1. The molecule has 1 N–H and O–H groups in total. The van der Waals surface area contributed by atoms with Crippen LogP contribution in [0, 0.1) is 0 Å². The quantitative estimate of drug-likeness (QED) is 0.824. The molecule has 6 heteroatoms. The van der Waals surface area contributed by atoms with E-state index in [0.717, 1.165) is 24.5 Å². The molecule has 90 valence electrons. The summed E-state index contributed by atoms with van der Waals surface area (Å²) in [5.74, 6) is 0.909. The lowest BCUT2D eigenvalue weighted by Gasteiger charge is -2.24. The molecule has 1 aliphatic heterocycles. The third-order valence-corrected chi connectivity index (χ3v) is 3.20. The van der Waals surface area contributed by atoms with Gasteiger partial charge in [-0.1, -0.05) is 0 Å². The van der Waals surface area contributed by atoms with Gasteiger partial charge >= 0.3 is 0 Å². The highest BCUT2D eigenvalue weighted by Gasteiger charge is 2.19. The molecule has 0 bridgehead atoms. The Morgan fingerprint density at radius 1 is 1.47 bits per heavy atom. The van der Waals surface area contributed by atoms with Crippen LogP contribution in [0.4, 0.5) is 0 Å². The molecule has 6 nitrogen and oxygen atoms in total. The van der Waals surface area contributed by atoms with Crippen LogP contribution in [-0.4, -0.2) is 37.6 Å². The maximum absolute atomic E-state index is 4.21. The van der Waals surface area contributed by atoms with Gasteiger partial charge in [0, 0.05) is 25.8 Å². The maximum Gasteiger partial charge on any atom is 0.167 e. The van der Waals surface area contributed by atoms with Gasteiger partial charge in [0.1, 0.15) is 6.33 Å². The van der Waals surface area contributed by atoms with E-state index in [1.165, 1.54) is 12.8 Å². The fourth-order valence-corrected chi connectivity index (χ4v) is 2.32. The first kappa shape index (κ1) is 10.5. The molecule has 1 atom stereocenters. The van der Waals surface area contributed by atoms with Crippen molar-refractivity contribution in [3.63, 3.8) is 0 Å². The Morgan fingerprint density at radius 2 is 2.41 bits per heavy atom. The number of aromatic nitrogens is 5. The second-order valence-electron chi connectivity index (χ2n) is 4.46. The summed E-state index contributed by atoms with van der Waals surface area (Å²) in [5, 5.41) is 15.8. The Balaban J connectivity index is 1.93. The molecule has 3 rings (SSSR count). The van der Waals surface area contributed by atoms with Crippen LogP contribution in [0.2, 0.25) is 0 Å². The molecule has 0 amide bonds. The van der Waals surface area contributed by atoms with Crippen molar-refractivity contribution in [2.24, 2.45) is 7.05 Å². The predicted molar refractivity (Wildman–Crippen MR) is 63.4 cm³/mol. The zero-order chi connectivity index (χ0) is 11.7. The molecule has 1 fully saturated rings. The molecule has 2 aromatic heterocycles. The van der Waals surface area contributed by atoms with E-state index in [2.05, 4.69) is 25.2 Å². The minimum absolute atomic E-state index is 0.453. The van der Waals surface area contributed by atoms with Gasteiger partial charge in [-0.2, -0.15) is 5.10 Å². The van der Waals surface area contributed by atoms with Gasteiger partial charge in [0.15, 0.2) is 5.82 Å². The molecule has 0 aliphatic carbocycles. The molecule has 0 spiro atoms. The molecule has 1 saturated heterocycles. The van der Waals surface area contributed by atoms with E-state index in [9.17, 15) is 0 Å². The van der Waals surface area contributed by atoms with Crippen LogP contribution in [0.3, 0.4) is 0 Å². The summed E-state index contributed by atoms with van der Waals surface area (Å²) in [4.78, 5) is 0. The van der Waals surface area contributed by atoms with E-state index in [0.29, 0.717) is 6.04 Å². The van der Waals surface area contributed by atoms with E-state index in [1.54, 1.807) is 4.68 Å². The van der Waals surface area contributed by atoms with E-state index in [1.807, 2.05) is 25.8 Å². The Labute approximate surface area is 99.7 Å². The average molecular weight is 232 g/mol. The molecular formula is C11H16N6. The third kappa shape index (κ3) is 1.95. The lowest BCUT2D eigenvalue weighted by Crippen LogP contribution is -2.31. The normalized spacial score (nSPS) is 20.6. The van der Waals surface area contributed by atoms with Crippen molar-refractivity contribution in [2.75, 3.05) is 13.1 Å². The smallest absolute Gasteiger partial charge is 0.167 e. The van der Waals surface area contributed by atoms with Crippen molar-refractivity contribution < 1.29 is 0 Å². The molecular weight excluding hydrogens is 216 g/mol. The zero-order valence-corrected chi connectivity index (χ0v) is 9.87. The van der Waals surface area contributed by atoms with Gasteiger partial charge in [-0.25, -0.2) is 0 Å². The number of nitrogens with one attached hydrogen (secondary N) is 1. The summed E-state index contributed by atoms with van der Waals surface area (Å²) in [5.41, 5.74) is 1.02. The topological polar surface area (TPSA) is 60.6 Å². The van der Waals surface area contributed by atoms with Gasteiger partial charge in [-0.3, -0.25) is 4.68 Å². The van der Waals surface area contributed by atoms with Gasteiger partial charge in [-0.05, 0) is 19.4 Å². The van der Waals surface area contributed by atoms with Gasteiger partial charge in [0.05, 0.1) is 11.8 Å². The zero-order valence-electron chi connectivity index (χ0n) is 9.87. The largest absolute Gasteiger partial charge is 0.315 e. The van der Waals surface area contributed by atoms with Crippen LogP contribution in [0.15, 0.2) is 18.7 Å². The van der Waals surface area contributed by atoms with Crippen molar-refractivity contribution in [3.05, 3.63) is 18.7 Å². The number of nitrogens with zero attached hydrogens (tertiary/aromatic N) is 5. The highest BCUT2D eigenvalue weighted by atomic mass is 15.3. The fourth-order valence-electron chi connectivity index (χ4n) is 2.32. The Morgan fingerprint density at radius 3 is 3.12 bits per heavy atom. The number of piperidine rings is 1. The van der Waals surface area contributed by atoms with Crippen molar-refractivity contribution in [1.82, 2.24) is 29.9 Å². The van der Waals surface area contributed by atoms with Crippen molar-refractivity contribution in [3.8, 4) is 11.4 Å². The SMILES string of the molecule is Cn1cc(-c2nncn2C2CCCNC2)cn1. The van der Waals surface area contributed by atoms with E-state index in [4.69, 9.17) is 0 Å². The lowest BCUT2D eigenvalue weighted by molar-refractivity contribution is 0.373. The first-order chi connectivity index (χ1) is 8.34. The van der Waals surface area contributed by atoms with E-state index < -0.39 is 0 Å². The maximum atomic E-state index is 4.21. The predicted octanol–water partition coefficient (Wildman–Crippen LogP) is 0.603. The first-order valence-electron chi connectivity index (χ1n) is 5.94. The van der Waals surface area contributed by atoms with Crippen LogP contribution >= 0.6 is 0 Å². The Bertz CT molecular complexity index is 494. The summed E-state index contributed by atoms with van der Waals surface area (Å²) >= 11 is 0. The summed E-state index contributed by atoms with van der Waals surface area (Å²) in [7, 11) is 1.91. The molecule has 1 unspecified atom stereocenters. The van der Waals surface area contributed by atoms with Crippen LogP contribution in [-0.2, 0) is 7.05 Å². The average Bonchev–Trinajstić information content (AvgIpc) is 2.98. The molecule has 0 aromatic carbocycles. The fraction of sp³-hybridized carbons (Fsp3) is 0.545. The Hall–Kier alpha value is -1.69. The van der Waals surface area contributed by atoms with Crippen LogP contribution in [0.5, 0.6) is 0 Å². The molecule has 1 aliphatic rings. The van der Waals surface area contributed by atoms with Gasteiger partial charge in [0.25, 0.3) is 0 Å². The van der Waals surface area contributed by atoms with Crippen molar-refractivity contribution >= 4 is 0 Å². The molecule has 2 aromatic rings. The van der Waals surface area contributed by atoms with Crippen LogP contribution in [0.1, 0.15) is 18.9 Å². The second kappa shape index (κ2) is 4.29. The summed E-state index contributed by atoms with van der Waals surface area (Å²) in [6.45, 7) is 2.10. The van der Waals surface area contributed by atoms with Gasteiger partial charge in [0.2, 0.25) is 0 Å². The third-order valence-electron chi connectivity index (χ3n) is 3.20. The van der Waals surface area contributed by atoms with Gasteiger partial charge in [-0.15, -0.1) is 10.2 Å². The van der Waals surface area contributed by atoms with E-state index >= 15 is 0 Å². The van der Waals surface area contributed by atoms with Crippen molar-refractivity contribution in [1.29, 1.82) is 0 Å². The molecule has 3 heterocycles. The minimum Gasteiger partial charge on any atom is -0.315 e. The molecule has 17 heavy (non-hydrogen) atoms. The number of hydrogen-bond donors (Lipinski definition) is 1. The minimum atomic E-state index is 0.453. The highest BCUT2D eigenvalue weighted by Crippen LogP contribution is 2.23. The van der Waals surface area contributed by atoms with Gasteiger partial charge < -0.3 is 9.88 Å². The highest BCUT2D eigenvalue weighted by molar-refractivity contribution is 5.52. The molecule has 0 saturated carbocycles. The van der Waals surface area contributed by atoms with Crippen LogP contribution < -0.4 is 5.32 Å². The van der Waals surface area contributed by atoms with E-state index in [-0.39, 0.29) is 0 Å². The number of hydrogen-bond acceptors (Lipinski definition) is 4. The molecule has 0 radical (unpaired) electrons. The van der Waals surface area contributed by atoms with Crippen molar-refractivity contribution in [2.45, 2.75) is 18.9 Å². The first-order valence-corrected chi connectivity index (χ1v) is 5.94. The summed E-state index contributed by atoms with van der Waals surface area (Å²) in [6.07, 6.45) is 8.00. The monoisotopic (exact) mass is 232 g/mol. The summed E-state index contributed by atoms with van der Waals surface area (Å²) < 4.78 is 3.94. The lowest BCUT2D eigenvalue weighted by atomic mass is 10.1. The standard InChI is InChI=1S/C11H16N6/c1-16-7-9(5-14-16)11-15-13-8-17(11)10-3-2-4-12-6-10/h5,7-8,10,12H,2-4,6H2,1H3.